The zero-order valence-corrected chi connectivity index (χ0v) is 13.6. The van der Waals surface area contributed by atoms with Crippen molar-refractivity contribution >= 4 is 29.2 Å². The van der Waals surface area contributed by atoms with E-state index in [0.29, 0.717) is 56.0 Å². The van der Waals surface area contributed by atoms with Crippen LogP contribution < -0.4 is 0 Å². The van der Waals surface area contributed by atoms with Gasteiger partial charge >= 0.3 is 6.03 Å². The topological polar surface area (TPSA) is 42.0 Å². The lowest BCUT2D eigenvalue weighted by molar-refractivity contribution is -0.0264. The number of benzene rings is 1. The van der Waals surface area contributed by atoms with E-state index in [0.717, 1.165) is 5.56 Å². The van der Waals surface area contributed by atoms with Crippen LogP contribution in [0.25, 0.3) is 0 Å². The molecule has 0 bridgehead atoms. The number of morpholine rings is 2. The van der Waals surface area contributed by atoms with E-state index in [4.69, 9.17) is 32.7 Å². The maximum atomic E-state index is 12.6. The Kier molecular flexibility index (Phi) is 5.08. The van der Waals surface area contributed by atoms with Crippen LogP contribution >= 0.6 is 23.2 Å². The first-order valence-corrected chi connectivity index (χ1v) is 8.09. The van der Waals surface area contributed by atoms with Crippen molar-refractivity contribution in [2.45, 2.75) is 6.10 Å². The van der Waals surface area contributed by atoms with Crippen LogP contribution in [0.3, 0.4) is 0 Å². The molecule has 3 rings (SSSR count). The van der Waals surface area contributed by atoms with Gasteiger partial charge in [0.05, 0.1) is 26.4 Å². The molecule has 2 aliphatic rings. The maximum Gasteiger partial charge on any atom is 0.320 e. The van der Waals surface area contributed by atoms with E-state index in [1.807, 2.05) is 15.9 Å². The summed E-state index contributed by atoms with van der Waals surface area (Å²) in [5.41, 5.74) is 0.866. The molecule has 0 aliphatic carbocycles. The van der Waals surface area contributed by atoms with Gasteiger partial charge in [0.2, 0.25) is 0 Å². The highest BCUT2D eigenvalue weighted by molar-refractivity contribution is 6.35. The Labute approximate surface area is 139 Å². The maximum absolute atomic E-state index is 12.6. The van der Waals surface area contributed by atoms with E-state index in [9.17, 15) is 4.79 Å². The Morgan fingerprint density at radius 1 is 1.09 bits per heavy atom. The second-order valence-corrected chi connectivity index (χ2v) is 6.20. The van der Waals surface area contributed by atoms with Crippen molar-refractivity contribution in [2.75, 3.05) is 46.0 Å². The number of ether oxygens (including phenoxy) is 2. The summed E-state index contributed by atoms with van der Waals surface area (Å²) in [7, 11) is 0. The number of carbonyl (C=O) groups excluding carboxylic acids is 1. The van der Waals surface area contributed by atoms with Gasteiger partial charge in [0.25, 0.3) is 0 Å². The van der Waals surface area contributed by atoms with Gasteiger partial charge in [0, 0.05) is 35.2 Å². The fraction of sp³-hybridized carbons (Fsp3) is 0.533. The fourth-order valence-corrected chi connectivity index (χ4v) is 3.26. The van der Waals surface area contributed by atoms with Crippen LogP contribution in [0.2, 0.25) is 10.0 Å². The van der Waals surface area contributed by atoms with Crippen molar-refractivity contribution in [1.29, 1.82) is 0 Å². The lowest BCUT2D eigenvalue weighted by Crippen LogP contribution is -2.51. The molecule has 2 amide bonds. The van der Waals surface area contributed by atoms with Crippen LogP contribution in [0, 0.1) is 0 Å². The molecule has 2 heterocycles. The number of rotatable bonds is 1. The average molecular weight is 345 g/mol. The van der Waals surface area contributed by atoms with Gasteiger partial charge in [-0.25, -0.2) is 4.79 Å². The highest BCUT2D eigenvalue weighted by Crippen LogP contribution is 2.30. The second-order valence-electron chi connectivity index (χ2n) is 5.35. The molecule has 1 unspecified atom stereocenters. The van der Waals surface area contributed by atoms with E-state index in [1.54, 1.807) is 12.1 Å². The number of carbonyl (C=O) groups is 1. The van der Waals surface area contributed by atoms with Crippen LogP contribution in [0.1, 0.15) is 11.7 Å². The molecule has 0 radical (unpaired) electrons. The molecule has 0 N–H and O–H groups in total. The quantitative estimate of drug-likeness (QED) is 0.786. The first-order chi connectivity index (χ1) is 10.6. The van der Waals surface area contributed by atoms with Crippen LogP contribution in [0.5, 0.6) is 0 Å². The van der Waals surface area contributed by atoms with E-state index in [2.05, 4.69) is 0 Å². The summed E-state index contributed by atoms with van der Waals surface area (Å²) < 4.78 is 11.1. The normalized spacial score (nSPS) is 22.7. The Balaban J connectivity index is 1.69. The minimum atomic E-state index is -0.219. The van der Waals surface area contributed by atoms with Gasteiger partial charge in [0.15, 0.2) is 0 Å². The molecule has 1 aromatic rings. The molecule has 120 valence electrons. The number of nitrogens with zero attached hydrogens (tertiary/aromatic N) is 2. The minimum Gasteiger partial charge on any atom is -0.378 e. The first kappa shape index (κ1) is 15.9. The molecule has 7 heteroatoms. The minimum absolute atomic E-state index is 0.0432. The molecule has 0 spiro atoms. The van der Waals surface area contributed by atoms with E-state index >= 15 is 0 Å². The zero-order valence-electron chi connectivity index (χ0n) is 12.1. The number of urea groups is 1. The summed E-state index contributed by atoms with van der Waals surface area (Å²) in [5.74, 6) is 0. The molecule has 1 atom stereocenters. The first-order valence-electron chi connectivity index (χ1n) is 7.33. The van der Waals surface area contributed by atoms with Crippen molar-refractivity contribution in [1.82, 2.24) is 9.80 Å². The number of amides is 2. The molecule has 2 fully saturated rings. The van der Waals surface area contributed by atoms with Gasteiger partial charge < -0.3 is 19.3 Å². The van der Waals surface area contributed by atoms with Crippen molar-refractivity contribution in [3.8, 4) is 0 Å². The van der Waals surface area contributed by atoms with E-state index in [-0.39, 0.29) is 12.1 Å². The van der Waals surface area contributed by atoms with E-state index in [1.165, 1.54) is 0 Å². The Hall–Kier alpha value is -1.01. The Morgan fingerprint density at radius 3 is 2.55 bits per heavy atom. The van der Waals surface area contributed by atoms with E-state index < -0.39 is 0 Å². The molecule has 5 nitrogen and oxygen atoms in total. The molecular formula is C15H18Cl2N2O3. The summed E-state index contributed by atoms with van der Waals surface area (Å²) in [6.45, 7) is 4.07. The van der Waals surface area contributed by atoms with Gasteiger partial charge in [-0.2, -0.15) is 0 Å². The third-order valence-electron chi connectivity index (χ3n) is 3.93. The highest BCUT2D eigenvalue weighted by Gasteiger charge is 2.30. The average Bonchev–Trinajstić information content (AvgIpc) is 2.55. The molecular weight excluding hydrogens is 327 g/mol. The van der Waals surface area contributed by atoms with Crippen molar-refractivity contribution in [2.24, 2.45) is 0 Å². The standard InChI is InChI=1S/C15H18Cl2N2O3/c16-11-1-2-12(13(17)9-11)14-10-19(5-8-22-14)15(20)18-3-6-21-7-4-18/h1-2,9,14H,3-8,10H2. The number of hydrogen-bond donors (Lipinski definition) is 0. The summed E-state index contributed by atoms with van der Waals surface area (Å²) in [6.07, 6.45) is -0.219. The van der Waals surface area contributed by atoms with Crippen molar-refractivity contribution in [3.05, 3.63) is 33.8 Å². The van der Waals surface area contributed by atoms with Crippen LogP contribution in [0.15, 0.2) is 18.2 Å². The SMILES string of the molecule is O=C(N1CCOCC1)N1CCOC(c2ccc(Cl)cc2Cl)C1. The lowest BCUT2D eigenvalue weighted by Gasteiger charge is -2.38. The molecule has 2 saturated heterocycles. The lowest BCUT2D eigenvalue weighted by atomic mass is 10.1. The number of halogens is 2. The smallest absolute Gasteiger partial charge is 0.320 e. The van der Waals surface area contributed by atoms with Gasteiger partial charge in [-0.15, -0.1) is 0 Å². The molecule has 22 heavy (non-hydrogen) atoms. The zero-order chi connectivity index (χ0) is 15.5. The second kappa shape index (κ2) is 7.04. The molecule has 0 saturated carbocycles. The third-order valence-corrected chi connectivity index (χ3v) is 4.49. The van der Waals surface area contributed by atoms with Gasteiger partial charge in [-0.3, -0.25) is 0 Å². The van der Waals surface area contributed by atoms with Crippen LogP contribution in [-0.4, -0.2) is 61.8 Å². The summed E-state index contributed by atoms with van der Waals surface area (Å²) in [6, 6.07) is 5.39. The monoisotopic (exact) mass is 344 g/mol. The van der Waals surface area contributed by atoms with Gasteiger partial charge in [-0.05, 0) is 12.1 Å². The fourth-order valence-electron chi connectivity index (χ4n) is 2.73. The van der Waals surface area contributed by atoms with Gasteiger partial charge in [-0.1, -0.05) is 29.3 Å². The Bertz CT molecular complexity index is 550. The largest absolute Gasteiger partial charge is 0.378 e. The predicted octanol–water partition coefficient (Wildman–Crippen LogP) is 2.82. The third kappa shape index (κ3) is 3.49. The van der Waals surface area contributed by atoms with Crippen molar-refractivity contribution < 1.29 is 14.3 Å². The molecule has 2 aliphatic heterocycles. The van der Waals surface area contributed by atoms with Crippen LogP contribution in [0.4, 0.5) is 4.79 Å². The summed E-state index contributed by atoms with van der Waals surface area (Å²) in [4.78, 5) is 16.2. The van der Waals surface area contributed by atoms with Gasteiger partial charge in [0.1, 0.15) is 6.10 Å². The summed E-state index contributed by atoms with van der Waals surface area (Å²) in [5, 5.41) is 1.16. The van der Waals surface area contributed by atoms with Crippen LogP contribution in [-0.2, 0) is 9.47 Å². The predicted molar refractivity (Wildman–Crippen MR) is 84.5 cm³/mol. The highest BCUT2D eigenvalue weighted by atomic mass is 35.5. The Morgan fingerprint density at radius 2 is 1.82 bits per heavy atom. The molecule has 0 aromatic heterocycles. The number of hydrogen-bond acceptors (Lipinski definition) is 3. The van der Waals surface area contributed by atoms with Crippen molar-refractivity contribution in [3.63, 3.8) is 0 Å². The molecule has 1 aromatic carbocycles. The summed E-state index contributed by atoms with van der Waals surface area (Å²) >= 11 is 12.2.